The molecule has 2 aromatic rings. The fourth-order valence-corrected chi connectivity index (χ4v) is 2.85. The summed E-state index contributed by atoms with van der Waals surface area (Å²) in [5.41, 5.74) is 0.705. The van der Waals surface area contributed by atoms with E-state index < -0.39 is 12.3 Å². The van der Waals surface area contributed by atoms with Crippen molar-refractivity contribution in [2.75, 3.05) is 7.05 Å². The number of thiophene rings is 1. The number of hydrogen-bond acceptors (Lipinski definition) is 2. The van der Waals surface area contributed by atoms with Gasteiger partial charge in [0.25, 0.3) is 0 Å². The molecule has 0 spiro atoms. The molecule has 1 N–H and O–H groups in total. The van der Waals surface area contributed by atoms with Crippen molar-refractivity contribution in [1.82, 2.24) is 5.32 Å². The van der Waals surface area contributed by atoms with Crippen LogP contribution in [0.3, 0.4) is 0 Å². The van der Waals surface area contributed by atoms with E-state index in [1.807, 2.05) is 23.6 Å². The van der Waals surface area contributed by atoms with E-state index in [0.29, 0.717) is 5.56 Å². The molecule has 2 atom stereocenters. The number of halogens is 2. The van der Waals surface area contributed by atoms with Crippen molar-refractivity contribution in [3.63, 3.8) is 0 Å². The molecule has 0 aliphatic carbocycles. The average Bonchev–Trinajstić information content (AvgIpc) is 2.75. The van der Waals surface area contributed by atoms with Crippen molar-refractivity contribution in [3.05, 3.63) is 35.2 Å². The third-order valence-corrected chi connectivity index (χ3v) is 4.01. The molecule has 1 aromatic carbocycles. The highest BCUT2D eigenvalue weighted by molar-refractivity contribution is 7.17. The zero-order valence-electron chi connectivity index (χ0n) is 9.78. The summed E-state index contributed by atoms with van der Waals surface area (Å²) < 4.78 is 27.3. The van der Waals surface area contributed by atoms with Crippen LogP contribution in [0.4, 0.5) is 8.78 Å². The van der Waals surface area contributed by atoms with Gasteiger partial charge in [-0.15, -0.1) is 11.3 Å². The van der Waals surface area contributed by atoms with E-state index in [0.717, 1.165) is 10.1 Å². The number of alkyl halides is 2. The largest absolute Gasteiger partial charge is 0.316 e. The first-order chi connectivity index (χ1) is 8.13. The van der Waals surface area contributed by atoms with Crippen LogP contribution in [0.2, 0.25) is 0 Å². The molecular formula is C13H15F2NS. The molecule has 0 amide bonds. The van der Waals surface area contributed by atoms with E-state index in [-0.39, 0.29) is 6.04 Å². The lowest BCUT2D eigenvalue weighted by atomic mass is 9.92. The number of likely N-dealkylation sites (N-methyl/N-ethyl adjacent to an activating group) is 1. The summed E-state index contributed by atoms with van der Waals surface area (Å²) in [5, 5.41) is 6.00. The Kier molecular flexibility index (Phi) is 3.74. The fraction of sp³-hybridized carbons (Fsp3) is 0.385. The van der Waals surface area contributed by atoms with Gasteiger partial charge in [-0.1, -0.05) is 12.1 Å². The molecule has 1 aromatic heterocycles. The second-order valence-electron chi connectivity index (χ2n) is 4.16. The van der Waals surface area contributed by atoms with E-state index in [2.05, 4.69) is 5.32 Å². The van der Waals surface area contributed by atoms with Gasteiger partial charge in [-0.25, -0.2) is 8.78 Å². The third-order valence-electron chi connectivity index (χ3n) is 3.13. The highest BCUT2D eigenvalue weighted by Crippen LogP contribution is 2.31. The predicted molar refractivity (Wildman–Crippen MR) is 69.1 cm³/mol. The van der Waals surface area contributed by atoms with Gasteiger partial charge in [0.15, 0.2) is 0 Å². The van der Waals surface area contributed by atoms with Gasteiger partial charge in [0.05, 0.1) is 5.92 Å². The van der Waals surface area contributed by atoms with E-state index in [1.165, 1.54) is 0 Å². The highest BCUT2D eigenvalue weighted by Gasteiger charge is 2.27. The third kappa shape index (κ3) is 2.48. The van der Waals surface area contributed by atoms with E-state index in [9.17, 15) is 8.78 Å². The lowest BCUT2D eigenvalue weighted by Crippen LogP contribution is -2.33. The second kappa shape index (κ2) is 5.10. The monoisotopic (exact) mass is 255 g/mol. The molecule has 0 aliphatic rings. The van der Waals surface area contributed by atoms with Crippen molar-refractivity contribution in [2.24, 2.45) is 0 Å². The first kappa shape index (κ1) is 12.5. The summed E-state index contributed by atoms with van der Waals surface area (Å²) in [6.07, 6.45) is -2.35. The van der Waals surface area contributed by atoms with E-state index in [4.69, 9.17) is 0 Å². The van der Waals surface area contributed by atoms with Gasteiger partial charge in [0.1, 0.15) is 0 Å². The number of rotatable bonds is 4. The Morgan fingerprint density at radius 1 is 1.24 bits per heavy atom. The van der Waals surface area contributed by atoms with Crippen molar-refractivity contribution in [2.45, 2.75) is 25.3 Å². The summed E-state index contributed by atoms with van der Waals surface area (Å²) in [4.78, 5) is 0. The molecule has 4 heteroatoms. The minimum atomic E-state index is -2.35. The van der Waals surface area contributed by atoms with Gasteiger partial charge in [0.2, 0.25) is 6.43 Å². The first-order valence-electron chi connectivity index (χ1n) is 5.56. The summed E-state index contributed by atoms with van der Waals surface area (Å²) in [6, 6.07) is 7.36. The van der Waals surface area contributed by atoms with Gasteiger partial charge in [-0.3, -0.25) is 0 Å². The molecule has 0 fully saturated rings. The van der Waals surface area contributed by atoms with Crippen LogP contribution in [0.15, 0.2) is 29.6 Å². The maximum Gasteiger partial charge on any atom is 0.246 e. The molecule has 0 saturated carbocycles. The molecule has 0 saturated heterocycles. The Morgan fingerprint density at radius 3 is 2.65 bits per heavy atom. The Balaban J connectivity index is 2.40. The number of fused-ring (bicyclic) bond motifs is 1. The van der Waals surface area contributed by atoms with Crippen LogP contribution in [0.25, 0.3) is 10.1 Å². The maximum atomic E-state index is 13.1. The summed E-state index contributed by atoms with van der Waals surface area (Å²) in [6.45, 7) is 1.79. The normalized spacial score (nSPS) is 15.4. The lowest BCUT2D eigenvalue weighted by molar-refractivity contribution is 0.0995. The highest BCUT2D eigenvalue weighted by atomic mass is 32.1. The molecule has 1 heterocycles. The van der Waals surface area contributed by atoms with E-state index >= 15 is 0 Å². The van der Waals surface area contributed by atoms with Crippen LogP contribution >= 0.6 is 11.3 Å². The van der Waals surface area contributed by atoms with Crippen LogP contribution < -0.4 is 5.32 Å². The van der Waals surface area contributed by atoms with Crippen molar-refractivity contribution in [1.29, 1.82) is 0 Å². The Bertz CT molecular complexity index is 495. The summed E-state index contributed by atoms with van der Waals surface area (Å²) in [5.74, 6) is -0.758. The molecule has 92 valence electrons. The fourth-order valence-electron chi connectivity index (χ4n) is 2.01. The Morgan fingerprint density at radius 2 is 2.00 bits per heavy atom. The van der Waals surface area contributed by atoms with Gasteiger partial charge in [0, 0.05) is 10.7 Å². The lowest BCUT2D eigenvalue weighted by Gasteiger charge is -2.23. The van der Waals surface area contributed by atoms with Crippen LogP contribution in [-0.4, -0.2) is 19.5 Å². The minimum Gasteiger partial charge on any atom is -0.316 e. The summed E-state index contributed by atoms with van der Waals surface area (Å²) in [7, 11) is 1.71. The van der Waals surface area contributed by atoms with Gasteiger partial charge >= 0.3 is 0 Å². The molecule has 0 aliphatic heterocycles. The quantitative estimate of drug-likeness (QED) is 0.874. The summed E-state index contributed by atoms with van der Waals surface area (Å²) >= 11 is 1.58. The van der Waals surface area contributed by atoms with E-state index in [1.54, 1.807) is 31.4 Å². The van der Waals surface area contributed by atoms with Gasteiger partial charge in [-0.2, -0.15) is 0 Å². The molecule has 17 heavy (non-hydrogen) atoms. The van der Waals surface area contributed by atoms with Crippen molar-refractivity contribution >= 4 is 21.4 Å². The zero-order chi connectivity index (χ0) is 12.4. The second-order valence-corrected chi connectivity index (χ2v) is 5.10. The van der Waals surface area contributed by atoms with Crippen LogP contribution in [0, 0.1) is 0 Å². The van der Waals surface area contributed by atoms with Crippen molar-refractivity contribution in [3.8, 4) is 0 Å². The van der Waals surface area contributed by atoms with Gasteiger partial charge in [-0.05, 0) is 42.4 Å². The Labute approximate surface area is 103 Å². The van der Waals surface area contributed by atoms with Crippen LogP contribution in [-0.2, 0) is 0 Å². The predicted octanol–water partition coefficient (Wildman–Crippen LogP) is 3.86. The van der Waals surface area contributed by atoms with Crippen LogP contribution in [0.1, 0.15) is 18.4 Å². The molecule has 0 bridgehead atoms. The molecule has 2 rings (SSSR count). The number of nitrogens with one attached hydrogen (secondary N) is 1. The maximum absolute atomic E-state index is 13.1. The topological polar surface area (TPSA) is 12.0 Å². The average molecular weight is 255 g/mol. The minimum absolute atomic E-state index is 0.243. The standard InChI is InChI=1S/C13H15F2NS/c1-8(16-2)12(13(14)15)10-4-3-9-5-6-17-11(9)7-10/h3-8,12-13,16H,1-2H3. The van der Waals surface area contributed by atoms with Crippen LogP contribution in [0.5, 0.6) is 0 Å². The molecule has 0 radical (unpaired) electrons. The first-order valence-corrected chi connectivity index (χ1v) is 6.44. The smallest absolute Gasteiger partial charge is 0.246 e. The molecule has 2 unspecified atom stereocenters. The van der Waals surface area contributed by atoms with Crippen molar-refractivity contribution < 1.29 is 8.78 Å². The SMILES string of the molecule is CNC(C)C(c1ccc2ccsc2c1)C(F)F. The molecule has 1 nitrogen and oxygen atoms in total. The number of hydrogen-bond donors (Lipinski definition) is 1. The number of benzene rings is 1. The molecular weight excluding hydrogens is 240 g/mol. The Hall–Kier alpha value is -1.00. The van der Waals surface area contributed by atoms with Gasteiger partial charge < -0.3 is 5.32 Å². The zero-order valence-corrected chi connectivity index (χ0v) is 10.6.